The SMILES string of the molecule is CC.COCC1CNC[C@H](C)O1.[B]N(C)C. The van der Waals surface area contributed by atoms with Gasteiger partial charge in [-0.3, -0.25) is 0 Å². The minimum atomic E-state index is 0.244. The quantitative estimate of drug-likeness (QED) is 0.707. The lowest BCUT2D eigenvalue weighted by Gasteiger charge is -2.27. The van der Waals surface area contributed by atoms with E-state index in [9.17, 15) is 0 Å². The molecule has 5 heteroatoms. The zero-order valence-electron chi connectivity index (χ0n) is 11.6. The van der Waals surface area contributed by atoms with Crippen LogP contribution >= 0.6 is 0 Å². The zero-order valence-corrected chi connectivity index (χ0v) is 11.6. The third-order valence-electron chi connectivity index (χ3n) is 1.58. The number of morpholine rings is 1. The van der Waals surface area contributed by atoms with Gasteiger partial charge in [-0.15, -0.1) is 0 Å². The molecule has 1 N–H and O–H groups in total. The van der Waals surface area contributed by atoms with Crippen molar-refractivity contribution in [3.8, 4) is 0 Å². The average Bonchev–Trinajstić information content (AvgIpc) is 2.20. The molecule has 0 aromatic heterocycles. The van der Waals surface area contributed by atoms with Gasteiger partial charge in [0.2, 0.25) is 0 Å². The molecule has 2 radical (unpaired) electrons. The first kappa shape index (κ1) is 18.3. The van der Waals surface area contributed by atoms with Gasteiger partial charge in [-0.25, -0.2) is 0 Å². The van der Waals surface area contributed by atoms with Crippen LogP contribution in [0.5, 0.6) is 0 Å². The number of hydrogen-bond acceptors (Lipinski definition) is 4. The molecule has 1 saturated heterocycles. The highest BCUT2D eigenvalue weighted by Crippen LogP contribution is 2.02. The molecule has 0 amide bonds. The van der Waals surface area contributed by atoms with Crippen molar-refractivity contribution in [2.45, 2.75) is 33.0 Å². The molecule has 1 fully saturated rings. The van der Waals surface area contributed by atoms with Gasteiger partial charge in [0.15, 0.2) is 7.98 Å². The Balaban J connectivity index is 0. The third kappa shape index (κ3) is 13.9. The van der Waals surface area contributed by atoms with Crippen molar-refractivity contribution >= 4 is 7.98 Å². The minimum Gasteiger partial charge on any atom is -0.382 e. The number of ether oxygens (including phenoxy) is 2. The van der Waals surface area contributed by atoms with Gasteiger partial charge in [-0.2, -0.15) is 0 Å². The van der Waals surface area contributed by atoms with Gasteiger partial charge in [0.05, 0.1) is 18.8 Å². The lowest BCUT2D eigenvalue weighted by Crippen LogP contribution is -2.45. The fourth-order valence-electron chi connectivity index (χ4n) is 1.16. The summed E-state index contributed by atoms with van der Waals surface area (Å²) in [6.45, 7) is 8.63. The normalized spacial score (nSPS) is 23.9. The minimum absolute atomic E-state index is 0.244. The van der Waals surface area contributed by atoms with Crippen molar-refractivity contribution in [2.24, 2.45) is 0 Å². The zero-order chi connectivity index (χ0) is 13.0. The highest BCUT2D eigenvalue weighted by atomic mass is 16.5. The van der Waals surface area contributed by atoms with Gasteiger partial charge < -0.3 is 19.6 Å². The molecule has 1 aliphatic rings. The molecule has 0 bridgehead atoms. The van der Waals surface area contributed by atoms with Crippen LogP contribution in [0.4, 0.5) is 0 Å². The second-order valence-electron chi connectivity index (χ2n) is 3.65. The topological polar surface area (TPSA) is 33.7 Å². The molecule has 16 heavy (non-hydrogen) atoms. The maximum absolute atomic E-state index is 5.54. The molecule has 4 nitrogen and oxygen atoms in total. The number of nitrogens with zero attached hydrogens (tertiary/aromatic N) is 1. The molecule has 1 rings (SSSR count). The first-order valence-corrected chi connectivity index (χ1v) is 5.83. The third-order valence-corrected chi connectivity index (χ3v) is 1.58. The number of rotatable bonds is 2. The Morgan fingerprint density at radius 1 is 1.38 bits per heavy atom. The molecule has 1 aliphatic heterocycles. The molecule has 0 saturated carbocycles. The molecule has 0 aliphatic carbocycles. The summed E-state index contributed by atoms with van der Waals surface area (Å²) in [5.41, 5.74) is 0. The lowest BCUT2D eigenvalue weighted by atomic mass is 10.2. The van der Waals surface area contributed by atoms with E-state index in [1.165, 1.54) is 4.81 Å². The molecule has 96 valence electrons. The lowest BCUT2D eigenvalue weighted by molar-refractivity contribution is -0.0602. The Morgan fingerprint density at radius 2 is 1.88 bits per heavy atom. The van der Waals surface area contributed by atoms with Crippen molar-refractivity contribution in [2.75, 3.05) is 40.9 Å². The van der Waals surface area contributed by atoms with Crippen LogP contribution in [0.15, 0.2) is 0 Å². The monoisotopic (exact) mass is 230 g/mol. The van der Waals surface area contributed by atoms with E-state index >= 15 is 0 Å². The number of methoxy groups -OCH3 is 1. The van der Waals surface area contributed by atoms with E-state index in [0.29, 0.717) is 12.7 Å². The molecule has 1 heterocycles. The van der Waals surface area contributed by atoms with Crippen LogP contribution in [0.2, 0.25) is 0 Å². The summed E-state index contributed by atoms with van der Waals surface area (Å²) in [4.78, 5) is 1.50. The van der Waals surface area contributed by atoms with Crippen LogP contribution in [0, 0.1) is 0 Å². The fourth-order valence-corrected chi connectivity index (χ4v) is 1.16. The summed E-state index contributed by atoms with van der Waals surface area (Å²) in [6.07, 6.45) is 0.572. The molecule has 0 spiro atoms. The Hall–Kier alpha value is -0.0951. The standard InChI is InChI=1S/C7H15NO2.C2H6BN.C2H6/c1-6-3-8-4-7(10-6)5-9-2;1-4(2)3;1-2/h6-8H,3-5H2,1-2H3;1-2H3;1-2H3/t6-,7?;;/m0../s1. The number of nitrogens with one attached hydrogen (secondary N) is 1. The van der Waals surface area contributed by atoms with E-state index in [2.05, 4.69) is 12.2 Å². The van der Waals surface area contributed by atoms with Crippen molar-refractivity contribution in [1.29, 1.82) is 0 Å². The largest absolute Gasteiger partial charge is 0.382 e. The summed E-state index contributed by atoms with van der Waals surface area (Å²) in [6, 6.07) is 0. The Morgan fingerprint density at radius 3 is 2.25 bits per heavy atom. The molecular formula is C11H27BN2O2. The van der Waals surface area contributed by atoms with Crippen molar-refractivity contribution in [3.63, 3.8) is 0 Å². The maximum Gasteiger partial charge on any atom is 0.181 e. The highest BCUT2D eigenvalue weighted by Gasteiger charge is 2.17. The van der Waals surface area contributed by atoms with E-state index in [0.717, 1.165) is 13.1 Å². The van der Waals surface area contributed by atoms with Gasteiger partial charge in [-0.1, -0.05) is 13.8 Å². The summed E-state index contributed by atoms with van der Waals surface area (Å²) in [7, 11) is 10.2. The van der Waals surface area contributed by atoms with Crippen molar-refractivity contribution in [1.82, 2.24) is 10.1 Å². The van der Waals surface area contributed by atoms with E-state index in [4.69, 9.17) is 17.5 Å². The maximum atomic E-state index is 5.54. The predicted molar refractivity (Wildman–Crippen MR) is 69.9 cm³/mol. The van der Waals surface area contributed by atoms with Gasteiger partial charge in [0.1, 0.15) is 0 Å². The molecule has 2 atom stereocenters. The van der Waals surface area contributed by atoms with Crippen LogP contribution in [0.3, 0.4) is 0 Å². The van der Waals surface area contributed by atoms with Crippen molar-refractivity contribution in [3.05, 3.63) is 0 Å². The Kier molecular flexibility index (Phi) is 14.8. The van der Waals surface area contributed by atoms with E-state index in [1.54, 1.807) is 21.2 Å². The van der Waals surface area contributed by atoms with E-state index < -0.39 is 0 Å². The first-order chi connectivity index (χ1) is 7.56. The smallest absolute Gasteiger partial charge is 0.181 e. The van der Waals surface area contributed by atoms with Crippen LogP contribution in [0.1, 0.15) is 20.8 Å². The van der Waals surface area contributed by atoms with Crippen LogP contribution < -0.4 is 5.32 Å². The van der Waals surface area contributed by atoms with Gasteiger partial charge in [-0.05, 0) is 21.0 Å². The van der Waals surface area contributed by atoms with Crippen molar-refractivity contribution < 1.29 is 9.47 Å². The van der Waals surface area contributed by atoms with E-state index in [-0.39, 0.29) is 6.10 Å². The second-order valence-corrected chi connectivity index (χ2v) is 3.65. The molecule has 0 aromatic rings. The van der Waals surface area contributed by atoms with E-state index in [1.807, 2.05) is 13.8 Å². The van der Waals surface area contributed by atoms with Crippen LogP contribution in [-0.4, -0.2) is 65.9 Å². The van der Waals surface area contributed by atoms with Gasteiger partial charge in [0, 0.05) is 20.2 Å². The summed E-state index contributed by atoms with van der Waals surface area (Å²) < 4.78 is 10.5. The Bertz CT molecular complexity index is 132. The molecular weight excluding hydrogens is 203 g/mol. The highest BCUT2D eigenvalue weighted by molar-refractivity contribution is 6.03. The number of hydrogen-bond donors (Lipinski definition) is 1. The van der Waals surface area contributed by atoms with Gasteiger partial charge in [0.25, 0.3) is 0 Å². The van der Waals surface area contributed by atoms with Crippen LogP contribution in [-0.2, 0) is 9.47 Å². The molecule has 1 unspecified atom stereocenters. The average molecular weight is 230 g/mol. The summed E-state index contributed by atoms with van der Waals surface area (Å²) in [5, 5.41) is 3.26. The second kappa shape index (κ2) is 13.0. The Labute approximate surface area is 102 Å². The summed E-state index contributed by atoms with van der Waals surface area (Å²) >= 11 is 0. The summed E-state index contributed by atoms with van der Waals surface area (Å²) in [5.74, 6) is 0. The predicted octanol–water partition coefficient (Wildman–Crippen LogP) is 0.667. The molecule has 0 aromatic carbocycles. The fraction of sp³-hybridized carbons (Fsp3) is 1.00. The first-order valence-electron chi connectivity index (χ1n) is 5.83. The van der Waals surface area contributed by atoms with Crippen LogP contribution in [0.25, 0.3) is 0 Å². The van der Waals surface area contributed by atoms with Gasteiger partial charge >= 0.3 is 0 Å².